The van der Waals surface area contributed by atoms with Crippen molar-refractivity contribution in [3.05, 3.63) is 75.6 Å². The van der Waals surface area contributed by atoms with E-state index < -0.39 is 16.5 Å². The maximum atomic E-state index is 13.4. The molecule has 2 aromatic carbocycles. The van der Waals surface area contributed by atoms with Gasteiger partial charge in [-0.1, -0.05) is 0 Å². The summed E-state index contributed by atoms with van der Waals surface area (Å²) in [6.07, 6.45) is 4.26. The van der Waals surface area contributed by atoms with Crippen LogP contribution in [0.4, 0.5) is 17.2 Å². The van der Waals surface area contributed by atoms with Crippen LogP contribution in [-0.2, 0) is 7.05 Å². The molecule has 9 N–H and O–H groups in total. The molecule has 5 aromatic rings. The van der Waals surface area contributed by atoms with E-state index >= 15 is 0 Å². The summed E-state index contributed by atoms with van der Waals surface area (Å²) in [5.41, 5.74) is 1.84. The third kappa shape index (κ3) is 8.05. The fourth-order valence-corrected chi connectivity index (χ4v) is 6.14. The Bertz CT molecular complexity index is 1970. The van der Waals surface area contributed by atoms with E-state index in [0.717, 1.165) is 11.8 Å². The zero-order chi connectivity index (χ0) is 36.5. The van der Waals surface area contributed by atoms with Crippen LogP contribution in [0.3, 0.4) is 0 Å². The highest BCUT2D eigenvalue weighted by Crippen LogP contribution is 2.42. The first-order valence-corrected chi connectivity index (χ1v) is 16.4. The number of ketones is 2. The largest absolute Gasteiger partial charge is 0.507 e. The van der Waals surface area contributed by atoms with Crippen molar-refractivity contribution in [1.29, 1.82) is 0 Å². The first kappa shape index (κ1) is 36.6. The lowest BCUT2D eigenvalue weighted by Gasteiger charge is -2.25. The monoisotopic (exact) mass is 721 g/mol. The van der Waals surface area contributed by atoms with Gasteiger partial charge in [0.05, 0.1) is 41.8 Å². The molecule has 0 bridgehead atoms. The summed E-state index contributed by atoms with van der Waals surface area (Å²) in [6, 6.07) is 5.74. The number of aliphatic hydroxyl groups is 2. The highest BCUT2D eigenvalue weighted by Gasteiger charge is 2.38. The summed E-state index contributed by atoms with van der Waals surface area (Å²) in [6.45, 7) is 2.81. The first-order chi connectivity index (χ1) is 24.7. The minimum Gasteiger partial charge on any atom is -0.507 e. The topological polar surface area (TPSA) is 279 Å². The average molecular weight is 722 g/mol. The summed E-state index contributed by atoms with van der Waals surface area (Å²) in [7, 11) is 1.69. The third-order valence-electron chi connectivity index (χ3n) is 7.51. The smallest absolute Gasteiger partial charge is 0.396 e. The maximum absolute atomic E-state index is 13.4. The molecule has 3 aromatic heterocycles. The van der Waals surface area contributed by atoms with E-state index in [0.29, 0.717) is 71.9 Å². The Hall–Kier alpha value is -5.67. The van der Waals surface area contributed by atoms with Crippen molar-refractivity contribution in [2.24, 2.45) is 7.05 Å². The normalized spacial score (nSPS) is 11.9. The lowest BCUT2D eigenvalue weighted by Crippen LogP contribution is -2.28. The van der Waals surface area contributed by atoms with E-state index in [9.17, 15) is 29.9 Å². The summed E-state index contributed by atoms with van der Waals surface area (Å²) < 4.78 is 1.58. The molecule has 0 saturated carbocycles. The molecule has 0 fully saturated rings. The molecule has 0 atom stereocenters. The number of nitrogens with zero attached hydrogens (tertiary/aromatic N) is 6. The fourth-order valence-electron chi connectivity index (χ4n) is 5.20. The highest BCUT2D eigenvalue weighted by atomic mass is 32.2. The summed E-state index contributed by atoms with van der Waals surface area (Å²) in [4.78, 5) is 55.9. The van der Waals surface area contributed by atoms with Gasteiger partial charge in [-0.25, -0.2) is 15.0 Å². The van der Waals surface area contributed by atoms with Crippen molar-refractivity contribution in [2.45, 2.75) is 10.1 Å². The number of hydrogen-bond acceptors (Lipinski definition) is 17. The van der Waals surface area contributed by atoms with Crippen molar-refractivity contribution in [2.75, 3.05) is 63.1 Å². The molecule has 51 heavy (non-hydrogen) atoms. The molecule has 0 spiro atoms. The van der Waals surface area contributed by atoms with Gasteiger partial charge in [0.1, 0.15) is 28.4 Å². The number of hydrogen-bond donors (Lipinski definition) is 9. The summed E-state index contributed by atoms with van der Waals surface area (Å²) in [5, 5.41) is 62.4. The van der Waals surface area contributed by atoms with E-state index in [2.05, 4.69) is 46.2 Å². The Morgan fingerprint density at radius 3 is 1.90 bits per heavy atom. The lowest BCUT2D eigenvalue weighted by atomic mass is 9.81. The number of aryl methyl sites for hydroxylation is 1. The van der Waals surface area contributed by atoms with Gasteiger partial charge in [-0.15, -0.1) is 0 Å². The number of nitro groups is 1. The van der Waals surface area contributed by atoms with Crippen LogP contribution in [0.2, 0.25) is 0 Å². The number of aromatic nitrogens is 6. The number of aromatic amines is 1. The molecule has 1 aliphatic carbocycles. The minimum absolute atomic E-state index is 0.00939. The van der Waals surface area contributed by atoms with Gasteiger partial charge in [0.25, 0.3) is 0 Å². The Kier molecular flexibility index (Phi) is 12.1. The third-order valence-corrected chi connectivity index (χ3v) is 8.67. The SMILES string of the molecule is Cn1cnc([N+](=O)[O-])c1Sc1ncnc2nc[nH]c12.O=C1c2c(O)ccc(O)c2C(=O)c2c(NCCNCCO)ccc(NCCNCCO)c21. The molecule has 20 heteroatoms. The fraction of sp³-hybridized carbons (Fsp3) is 0.290. The van der Waals surface area contributed by atoms with Crippen LogP contribution in [0.1, 0.15) is 31.8 Å². The number of anilines is 2. The van der Waals surface area contributed by atoms with Crippen LogP contribution in [-0.4, -0.2) is 119 Å². The van der Waals surface area contributed by atoms with E-state index in [4.69, 9.17) is 10.2 Å². The van der Waals surface area contributed by atoms with Crippen molar-refractivity contribution in [3.63, 3.8) is 0 Å². The molecule has 0 radical (unpaired) electrons. The second kappa shape index (κ2) is 16.8. The number of aromatic hydroxyl groups is 2. The summed E-state index contributed by atoms with van der Waals surface area (Å²) in [5.74, 6) is -2.06. The van der Waals surface area contributed by atoms with E-state index in [1.54, 1.807) is 23.7 Å². The Labute approximate surface area is 293 Å². The summed E-state index contributed by atoms with van der Waals surface area (Å²) >= 11 is 1.15. The first-order valence-electron chi connectivity index (χ1n) is 15.6. The van der Waals surface area contributed by atoms with Gasteiger partial charge in [-0.3, -0.25) is 9.59 Å². The van der Waals surface area contributed by atoms with E-state index in [1.165, 1.54) is 31.1 Å². The van der Waals surface area contributed by atoms with E-state index in [-0.39, 0.29) is 52.8 Å². The molecule has 19 nitrogen and oxygen atoms in total. The lowest BCUT2D eigenvalue weighted by molar-refractivity contribution is -0.392. The molecular formula is C31H35N11O8S. The van der Waals surface area contributed by atoms with Gasteiger partial charge in [-0.05, 0) is 45.9 Å². The van der Waals surface area contributed by atoms with Crippen LogP contribution in [0, 0.1) is 10.1 Å². The quantitative estimate of drug-likeness (QED) is 0.0235. The van der Waals surface area contributed by atoms with Crippen molar-refractivity contribution >= 4 is 51.7 Å². The maximum Gasteiger partial charge on any atom is 0.396 e. The Morgan fingerprint density at radius 2 is 1.37 bits per heavy atom. The molecule has 268 valence electrons. The Balaban J connectivity index is 0.000000224. The Morgan fingerprint density at radius 1 is 0.804 bits per heavy atom. The molecule has 0 unspecified atom stereocenters. The van der Waals surface area contributed by atoms with Crippen LogP contribution in [0.25, 0.3) is 11.2 Å². The van der Waals surface area contributed by atoms with Crippen molar-refractivity contribution < 1.29 is 34.9 Å². The number of carbonyl (C=O) groups is 2. The van der Waals surface area contributed by atoms with Crippen LogP contribution in [0.15, 0.2) is 53.3 Å². The number of phenolic OH excluding ortho intramolecular Hbond substituents is 2. The predicted octanol–water partition coefficient (Wildman–Crippen LogP) is 1.01. The van der Waals surface area contributed by atoms with Crippen LogP contribution >= 0.6 is 11.8 Å². The molecule has 3 heterocycles. The molecule has 1 aliphatic rings. The number of rotatable bonds is 15. The minimum atomic E-state index is -0.559. The number of nitrogens with one attached hydrogen (secondary N) is 5. The second-order valence-electron chi connectivity index (χ2n) is 10.8. The number of phenols is 2. The molecule has 6 rings (SSSR count). The number of carbonyl (C=O) groups excluding carboxylic acids is 2. The van der Waals surface area contributed by atoms with Gasteiger partial charge in [0, 0.05) is 57.7 Å². The van der Waals surface area contributed by atoms with Crippen LogP contribution in [0.5, 0.6) is 11.5 Å². The zero-order valence-corrected chi connectivity index (χ0v) is 28.0. The molecule has 0 aliphatic heterocycles. The van der Waals surface area contributed by atoms with Gasteiger partial charge in [-0.2, -0.15) is 0 Å². The van der Waals surface area contributed by atoms with Gasteiger partial charge >= 0.3 is 5.82 Å². The number of benzene rings is 2. The molecular weight excluding hydrogens is 686 g/mol. The van der Waals surface area contributed by atoms with Crippen LogP contribution < -0.4 is 21.3 Å². The number of imidazole rings is 2. The second-order valence-corrected chi connectivity index (χ2v) is 11.8. The van der Waals surface area contributed by atoms with Crippen molar-refractivity contribution in [3.8, 4) is 11.5 Å². The number of aliphatic hydroxyl groups excluding tert-OH is 2. The standard InChI is InChI=1S/C22H28N4O6.C9H7N7O2S/c27-11-9-23-5-7-25-13-1-2-14(26-8-6-24-10-12-28)18-17(13)21(31)19-15(29)3-4-16(30)20(19)22(18)32;1-15-4-14-7(16(17)18)9(15)19-8-5-6(11-2-10-5)12-3-13-8/h1-4,23-30H,5-12H2;2-4H,1H3,(H,10,11,12,13). The van der Waals surface area contributed by atoms with E-state index in [1.807, 2.05) is 0 Å². The predicted molar refractivity (Wildman–Crippen MR) is 186 cm³/mol. The number of fused-ring (bicyclic) bond motifs is 3. The van der Waals surface area contributed by atoms with Gasteiger partial charge in [0.15, 0.2) is 10.7 Å². The molecule has 0 saturated heterocycles. The number of H-pyrrole nitrogens is 1. The zero-order valence-electron chi connectivity index (χ0n) is 27.2. The van der Waals surface area contributed by atoms with Gasteiger partial charge < -0.3 is 61.4 Å². The van der Waals surface area contributed by atoms with Gasteiger partial charge in [0.2, 0.25) is 17.9 Å². The average Bonchev–Trinajstić information content (AvgIpc) is 3.75. The molecule has 0 amide bonds. The highest BCUT2D eigenvalue weighted by molar-refractivity contribution is 7.99. The van der Waals surface area contributed by atoms with Crippen molar-refractivity contribution in [1.82, 2.24) is 40.1 Å².